The molecule has 3 aromatic rings. The normalized spacial score (nSPS) is 15.7. The molecule has 0 heterocycles. The van der Waals surface area contributed by atoms with Crippen molar-refractivity contribution in [3.8, 4) is 0 Å². The van der Waals surface area contributed by atoms with Gasteiger partial charge in [-0.25, -0.2) is 0 Å². The van der Waals surface area contributed by atoms with Gasteiger partial charge < -0.3 is 4.79 Å². The van der Waals surface area contributed by atoms with E-state index in [1.54, 1.807) is 0 Å². The van der Waals surface area contributed by atoms with Gasteiger partial charge in [-0.2, -0.15) is 0 Å². The summed E-state index contributed by atoms with van der Waals surface area (Å²) in [6, 6.07) is 20.8. The summed E-state index contributed by atoms with van der Waals surface area (Å²) in [5.41, 5.74) is 18.4. The highest BCUT2D eigenvalue weighted by Crippen LogP contribution is 2.47. The Labute approximate surface area is 217 Å². The summed E-state index contributed by atoms with van der Waals surface area (Å²) in [4.78, 5) is 8.00. The second-order valence-corrected chi connectivity index (χ2v) is 9.50. The number of hydrogen-bond acceptors (Lipinski definition) is 1. The lowest BCUT2D eigenvalue weighted by Gasteiger charge is -2.31. The second-order valence-electron chi connectivity index (χ2n) is 9.50. The lowest BCUT2D eigenvalue weighted by atomic mass is 9.72. The van der Waals surface area contributed by atoms with Crippen molar-refractivity contribution in [2.45, 2.75) is 53.9 Å². The molecular weight excluding hydrogens is 436 g/mol. The van der Waals surface area contributed by atoms with E-state index in [4.69, 9.17) is 4.79 Å². The van der Waals surface area contributed by atoms with Crippen LogP contribution in [0.25, 0.3) is 11.1 Å². The van der Waals surface area contributed by atoms with Gasteiger partial charge in [0.15, 0.2) is 0 Å². The Balaban J connectivity index is 0.000000861. The van der Waals surface area contributed by atoms with Gasteiger partial charge in [-0.1, -0.05) is 84.8 Å². The van der Waals surface area contributed by atoms with Gasteiger partial charge in [0.1, 0.15) is 6.79 Å². The molecule has 0 amide bonds. The number of benzene rings is 3. The molecule has 0 fully saturated rings. The van der Waals surface area contributed by atoms with Crippen LogP contribution < -0.4 is 0 Å². The summed E-state index contributed by atoms with van der Waals surface area (Å²) in [7, 11) is 0. The Morgan fingerprint density at radius 3 is 2.14 bits per heavy atom. The molecule has 0 unspecified atom stereocenters. The van der Waals surface area contributed by atoms with Gasteiger partial charge in [0.2, 0.25) is 0 Å². The van der Waals surface area contributed by atoms with Crippen molar-refractivity contribution >= 4 is 17.9 Å². The van der Waals surface area contributed by atoms with Crippen LogP contribution in [0.15, 0.2) is 91.1 Å². The predicted octanol–water partition coefficient (Wildman–Crippen LogP) is 8.93. The van der Waals surface area contributed by atoms with E-state index in [1.807, 2.05) is 6.79 Å². The highest BCUT2D eigenvalue weighted by Gasteiger charge is 2.29. The van der Waals surface area contributed by atoms with E-state index in [9.17, 15) is 0 Å². The summed E-state index contributed by atoms with van der Waals surface area (Å²) in [5, 5.41) is 0. The molecule has 5 rings (SSSR count). The van der Waals surface area contributed by atoms with Crippen molar-refractivity contribution in [1.82, 2.24) is 0 Å². The van der Waals surface area contributed by atoms with Crippen LogP contribution in [-0.2, 0) is 17.6 Å². The van der Waals surface area contributed by atoms with Crippen molar-refractivity contribution in [2.75, 3.05) is 0 Å². The molecule has 2 aliphatic carbocycles. The molecule has 0 atom stereocenters. The van der Waals surface area contributed by atoms with Gasteiger partial charge in [-0.15, -0.1) is 13.2 Å². The van der Waals surface area contributed by atoms with E-state index in [0.29, 0.717) is 0 Å². The Bertz CT molecular complexity index is 1360. The van der Waals surface area contributed by atoms with Crippen LogP contribution in [0.1, 0.15) is 70.3 Å². The van der Waals surface area contributed by atoms with Gasteiger partial charge in [-0.3, -0.25) is 0 Å². The SMILES string of the molecule is C=C.C=O.CC/C=C\C1=C(C)C(=C2/c3ccccc3Cc3cc(C)cc(C)c32)/c2ccc(C)cc2C1. The fraction of sp³-hybridized carbons (Fsp3) is 0.229. The van der Waals surface area contributed by atoms with E-state index < -0.39 is 0 Å². The molecule has 0 saturated carbocycles. The summed E-state index contributed by atoms with van der Waals surface area (Å²) in [6.45, 7) is 19.3. The molecule has 3 aromatic carbocycles. The van der Waals surface area contributed by atoms with Crippen molar-refractivity contribution < 1.29 is 4.79 Å². The van der Waals surface area contributed by atoms with Crippen molar-refractivity contribution in [2.24, 2.45) is 0 Å². The molecule has 0 N–H and O–H groups in total. The van der Waals surface area contributed by atoms with Gasteiger partial charge >= 0.3 is 0 Å². The van der Waals surface area contributed by atoms with E-state index in [-0.39, 0.29) is 0 Å². The maximum Gasteiger partial charge on any atom is 0.106 e. The zero-order valence-corrected chi connectivity index (χ0v) is 22.5. The Morgan fingerprint density at radius 2 is 1.42 bits per heavy atom. The van der Waals surface area contributed by atoms with Crippen LogP contribution in [0.2, 0.25) is 0 Å². The zero-order valence-electron chi connectivity index (χ0n) is 22.5. The van der Waals surface area contributed by atoms with E-state index >= 15 is 0 Å². The molecule has 0 saturated heterocycles. The Hall–Kier alpha value is -3.71. The van der Waals surface area contributed by atoms with Gasteiger partial charge in [0, 0.05) is 0 Å². The minimum absolute atomic E-state index is 1.01. The molecule has 0 aliphatic heterocycles. The molecule has 1 nitrogen and oxygen atoms in total. The molecule has 2 aliphatic rings. The number of carbonyl (C=O) groups is 1. The third kappa shape index (κ3) is 4.97. The Kier molecular flexibility index (Phi) is 8.83. The molecule has 184 valence electrons. The predicted molar refractivity (Wildman–Crippen MR) is 156 cm³/mol. The van der Waals surface area contributed by atoms with Gasteiger partial charge in [0.05, 0.1) is 0 Å². The fourth-order valence-corrected chi connectivity index (χ4v) is 5.65. The second kappa shape index (κ2) is 11.8. The first-order valence-electron chi connectivity index (χ1n) is 12.7. The number of allylic oxidation sites excluding steroid dienone is 5. The monoisotopic (exact) mass is 474 g/mol. The summed E-state index contributed by atoms with van der Waals surface area (Å²) < 4.78 is 0. The minimum atomic E-state index is 1.01. The number of fused-ring (bicyclic) bond motifs is 3. The van der Waals surface area contributed by atoms with Crippen molar-refractivity contribution in [3.05, 3.63) is 141 Å². The number of aryl methyl sites for hydroxylation is 3. The van der Waals surface area contributed by atoms with E-state index in [2.05, 4.69) is 115 Å². The molecule has 0 aromatic heterocycles. The zero-order chi connectivity index (χ0) is 26.4. The quantitative estimate of drug-likeness (QED) is 0.265. The molecule has 0 spiro atoms. The topological polar surface area (TPSA) is 17.1 Å². The van der Waals surface area contributed by atoms with Crippen molar-refractivity contribution in [3.63, 3.8) is 0 Å². The standard InChI is InChI=1S/C32H32.C2H4.CH2O/c1-6-7-10-24-18-26-16-20(2)13-14-29(26)31(23(24)5)32-28-12-9-8-11-25(28)19-27-17-21(3)15-22(4)30(27)32;2*1-2/h7-17H,6,18-19H2,1-5H3;1-2H2;1H2/b10-7-,32-31+;;. The van der Waals surface area contributed by atoms with E-state index in [0.717, 1.165) is 19.3 Å². The average Bonchev–Trinajstić information content (AvgIpc) is 2.89. The maximum absolute atomic E-state index is 8.00. The first-order chi connectivity index (χ1) is 17.5. The summed E-state index contributed by atoms with van der Waals surface area (Å²) in [6.07, 6.45) is 7.75. The number of hydrogen-bond donors (Lipinski definition) is 0. The highest BCUT2D eigenvalue weighted by atomic mass is 16.1. The Morgan fingerprint density at radius 1 is 0.750 bits per heavy atom. The molecule has 0 radical (unpaired) electrons. The first kappa shape index (κ1) is 26.9. The van der Waals surface area contributed by atoms with Crippen LogP contribution in [0.3, 0.4) is 0 Å². The van der Waals surface area contributed by atoms with Crippen LogP contribution in [0, 0.1) is 20.8 Å². The van der Waals surface area contributed by atoms with Crippen LogP contribution in [0.4, 0.5) is 0 Å². The molecule has 0 bridgehead atoms. The van der Waals surface area contributed by atoms with Crippen LogP contribution >= 0.6 is 0 Å². The minimum Gasteiger partial charge on any atom is -0.307 e. The van der Waals surface area contributed by atoms with Gasteiger partial charge in [-0.05, 0) is 108 Å². The van der Waals surface area contributed by atoms with Crippen molar-refractivity contribution in [1.29, 1.82) is 0 Å². The maximum atomic E-state index is 8.00. The molecular formula is C35H38O. The highest BCUT2D eigenvalue weighted by molar-refractivity contribution is 6.08. The summed E-state index contributed by atoms with van der Waals surface area (Å²) >= 11 is 0. The molecule has 36 heavy (non-hydrogen) atoms. The summed E-state index contributed by atoms with van der Waals surface area (Å²) in [5.74, 6) is 0. The van der Waals surface area contributed by atoms with Crippen LogP contribution in [0.5, 0.6) is 0 Å². The number of carbonyl (C=O) groups excluding carboxylic acids is 1. The first-order valence-corrected chi connectivity index (χ1v) is 12.7. The fourth-order valence-electron chi connectivity index (χ4n) is 5.65. The van der Waals surface area contributed by atoms with E-state index in [1.165, 1.54) is 72.4 Å². The number of rotatable bonds is 2. The third-order valence-electron chi connectivity index (χ3n) is 7.05. The largest absolute Gasteiger partial charge is 0.307 e. The third-order valence-corrected chi connectivity index (χ3v) is 7.05. The van der Waals surface area contributed by atoms with Gasteiger partial charge in [0.25, 0.3) is 0 Å². The lowest BCUT2D eigenvalue weighted by molar-refractivity contribution is -0.0979. The lowest BCUT2D eigenvalue weighted by Crippen LogP contribution is -2.14. The molecule has 1 heteroatoms. The van der Waals surface area contributed by atoms with Crippen LogP contribution in [-0.4, -0.2) is 6.79 Å². The average molecular weight is 475 g/mol. The smallest absolute Gasteiger partial charge is 0.106 e.